The van der Waals surface area contributed by atoms with E-state index in [2.05, 4.69) is 5.32 Å². The van der Waals surface area contributed by atoms with Gasteiger partial charge in [0.1, 0.15) is 24.7 Å². The molecule has 2 N–H and O–H groups in total. The summed E-state index contributed by atoms with van der Waals surface area (Å²) in [5, 5.41) is 13.5. The van der Waals surface area contributed by atoms with Crippen molar-refractivity contribution in [2.75, 3.05) is 19.8 Å². The number of ether oxygens (including phenoxy) is 2. The first-order valence-electron chi connectivity index (χ1n) is 10.8. The van der Waals surface area contributed by atoms with Crippen LogP contribution >= 0.6 is 0 Å². The Bertz CT molecular complexity index is 978. The van der Waals surface area contributed by atoms with Crippen molar-refractivity contribution in [3.05, 3.63) is 95.6 Å². The Morgan fingerprint density at radius 3 is 2.12 bits per heavy atom. The third kappa shape index (κ3) is 8.11. The maximum Gasteiger partial charge on any atom is 0.416 e. The van der Waals surface area contributed by atoms with Crippen LogP contribution in [0.5, 0.6) is 11.5 Å². The summed E-state index contributed by atoms with van der Waals surface area (Å²) in [7, 11) is 0. The Morgan fingerprint density at radius 1 is 0.848 bits per heavy atom. The number of aliphatic hydroxyl groups is 1. The first-order valence-corrected chi connectivity index (χ1v) is 10.8. The standard InChI is InChI=1S/C26H28F3NO3/c1-19(30-18-25(31)21-6-5-7-22(17-21)26(27,28)29)16-20-10-12-24(13-11-20)33-15-14-32-23-8-3-2-4-9-23/h2-13,17,19,25,30-31H,14-16,18H2,1H3. The predicted molar refractivity (Wildman–Crippen MR) is 121 cm³/mol. The van der Waals surface area contributed by atoms with Gasteiger partial charge in [-0.2, -0.15) is 13.2 Å². The molecule has 0 amide bonds. The van der Waals surface area contributed by atoms with E-state index in [1.807, 2.05) is 61.5 Å². The fourth-order valence-electron chi connectivity index (χ4n) is 3.34. The Labute approximate surface area is 192 Å². The first kappa shape index (κ1) is 24.6. The van der Waals surface area contributed by atoms with E-state index in [1.165, 1.54) is 12.1 Å². The van der Waals surface area contributed by atoms with Gasteiger partial charge >= 0.3 is 6.18 Å². The van der Waals surface area contributed by atoms with E-state index in [9.17, 15) is 18.3 Å². The molecule has 176 valence electrons. The number of para-hydroxylation sites is 1. The maximum absolute atomic E-state index is 12.9. The monoisotopic (exact) mass is 459 g/mol. The van der Waals surface area contributed by atoms with Crippen LogP contribution < -0.4 is 14.8 Å². The third-order valence-corrected chi connectivity index (χ3v) is 5.09. The number of hydrogen-bond donors (Lipinski definition) is 2. The normalized spacial score (nSPS) is 13.4. The zero-order chi connectivity index (χ0) is 23.7. The van der Waals surface area contributed by atoms with Gasteiger partial charge < -0.3 is 19.9 Å². The molecule has 0 aliphatic rings. The maximum atomic E-state index is 12.9. The molecule has 0 radical (unpaired) electrons. The molecule has 0 saturated heterocycles. The van der Waals surface area contributed by atoms with E-state index in [-0.39, 0.29) is 18.2 Å². The van der Waals surface area contributed by atoms with Crippen molar-refractivity contribution in [3.63, 3.8) is 0 Å². The minimum absolute atomic E-state index is 0.0245. The SMILES string of the molecule is CC(Cc1ccc(OCCOc2ccccc2)cc1)NCC(O)c1cccc(C(F)(F)F)c1. The fraction of sp³-hybridized carbons (Fsp3) is 0.308. The number of aliphatic hydroxyl groups excluding tert-OH is 1. The highest BCUT2D eigenvalue weighted by molar-refractivity contribution is 5.29. The molecule has 0 fully saturated rings. The average Bonchev–Trinajstić information content (AvgIpc) is 2.81. The average molecular weight is 460 g/mol. The molecule has 0 bridgehead atoms. The van der Waals surface area contributed by atoms with Crippen LogP contribution in [0, 0.1) is 0 Å². The largest absolute Gasteiger partial charge is 0.490 e. The summed E-state index contributed by atoms with van der Waals surface area (Å²) in [5.74, 6) is 1.55. The summed E-state index contributed by atoms with van der Waals surface area (Å²) >= 11 is 0. The molecule has 0 aliphatic carbocycles. The Kier molecular flexibility index (Phi) is 8.74. The van der Waals surface area contributed by atoms with Crippen molar-refractivity contribution in [2.24, 2.45) is 0 Å². The molecule has 0 aliphatic heterocycles. The van der Waals surface area contributed by atoms with Crippen molar-refractivity contribution < 1.29 is 27.8 Å². The van der Waals surface area contributed by atoms with Crippen LogP contribution in [-0.4, -0.2) is 30.9 Å². The number of alkyl halides is 3. The number of rotatable bonds is 11. The number of halogens is 3. The lowest BCUT2D eigenvalue weighted by Gasteiger charge is -2.18. The van der Waals surface area contributed by atoms with Gasteiger partial charge in [-0.3, -0.25) is 0 Å². The second kappa shape index (κ2) is 11.7. The highest BCUT2D eigenvalue weighted by atomic mass is 19.4. The molecule has 0 heterocycles. The molecule has 7 heteroatoms. The first-order chi connectivity index (χ1) is 15.8. The highest BCUT2D eigenvalue weighted by Crippen LogP contribution is 2.30. The van der Waals surface area contributed by atoms with E-state index in [1.54, 1.807) is 0 Å². The van der Waals surface area contributed by atoms with Gasteiger partial charge in [0.05, 0.1) is 11.7 Å². The van der Waals surface area contributed by atoms with Gasteiger partial charge in [0, 0.05) is 12.6 Å². The summed E-state index contributed by atoms with van der Waals surface area (Å²) in [6.45, 7) is 3.00. The molecular weight excluding hydrogens is 431 g/mol. The molecule has 4 nitrogen and oxygen atoms in total. The number of benzene rings is 3. The van der Waals surface area contributed by atoms with Crippen LogP contribution in [0.1, 0.15) is 29.7 Å². The van der Waals surface area contributed by atoms with E-state index in [4.69, 9.17) is 9.47 Å². The molecule has 2 unspecified atom stereocenters. The number of hydrogen-bond acceptors (Lipinski definition) is 4. The van der Waals surface area contributed by atoms with Gasteiger partial charge in [0.25, 0.3) is 0 Å². The topological polar surface area (TPSA) is 50.7 Å². The summed E-state index contributed by atoms with van der Waals surface area (Å²) < 4.78 is 49.9. The molecule has 2 atom stereocenters. The second-order valence-corrected chi connectivity index (χ2v) is 7.81. The Hall–Kier alpha value is -3.03. The summed E-state index contributed by atoms with van der Waals surface area (Å²) in [6, 6.07) is 22.1. The van der Waals surface area contributed by atoms with E-state index in [0.29, 0.717) is 19.6 Å². The van der Waals surface area contributed by atoms with Crippen molar-refractivity contribution in [2.45, 2.75) is 31.7 Å². The molecule has 0 saturated carbocycles. The lowest BCUT2D eigenvalue weighted by atomic mass is 10.0. The van der Waals surface area contributed by atoms with Gasteiger partial charge in [-0.25, -0.2) is 0 Å². The Morgan fingerprint density at radius 2 is 1.48 bits per heavy atom. The third-order valence-electron chi connectivity index (χ3n) is 5.09. The van der Waals surface area contributed by atoms with Crippen molar-refractivity contribution in [1.82, 2.24) is 5.32 Å². The van der Waals surface area contributed by atoms with Gasteiger partial charge in [-0.05, 0) is 60.9 Å². The quantitative estimate of drug-likeness (QED) is 0.376. The molecule has 3 aromatic carbocycles. The van der Waals surface area contributed by atoms with Gasteiger partial charge in [0.2, 0.25) is 0 Å². The van der Waals surface area contributed by atoms with Crippen molar-refractivity contribution in [3.8, 4) is 11.5 Å². The van der Waals surface area contributed by atoms with Crippen molar-refractivity contribution >= 4 is 0 Å². The summed E-state index contributed by atoms with van der Waals surface area (Å²) in [5.41, 5.74) is 0.555. The molecule has 3 rings (SSSR count). The zero-order valence-electron chi connectivity index (χ0n) is 18.4. The minimum Gasteiger partial charge on any atom is -0.490 e. The van der Waals surface area contributed by atoms with Crippen LogP contribution in [0.4, 0.5) is 13.2 Å². The fourth-order valence-corrected chi connectivity index (χ4v) is 3.34. The molecule has 0 aromatic heterocycles. The minimum atomic E-state index is -4.43. The molecule has 3 aromatic rings. The summed E-state index contributed by atoms with van der Waals surface area (Å²) in [6.07, 6.45) is -4.75. The summed E-state index contributed by atoms with van der Waals surface area (Å²) in [4.78, 5) is 0. The van der Waals surface area contributed by atoms with E-state index >= 15 is 0 Å². The van der Waals surface area contributed by atoms with Crippen molar-refractivity contribution in [1.29, 1.82) is 0 Å². The number of nitrogens with one attached hydrogen (secondary N) is 1. The second-order valence-electron chi connectivity index (χ2n) is 7.81. The van der Waals surface area contributed by atoms with E-state index < -0.39 is 17.8 Å². The molecule has 33 heavy (non-hydrogen) atoms. The lowest BCUT2D eigenvalue weighted by molar-refractivity contribution is -0.137. The Balaban J connectivity index is 1.40. The lowest BCUT2D eigenvalue weighted by Crippen LogP contribution is -2.32. The van der Waals surface area contributed by atoms with Gasteiger partial charge in [0.15, 0.2) is 0 Å². The van der Waals surface area contributed by atoms with Crippen LogP contribution in [0.15, 0.2) is 78.9 Å². The highest BCUT2D eigenvalue weighted by Gasteiger charge is 2.30. The predicted octanol–water partition coefficient (Wildman–Crippen LogP) is 5.42. The van der Waals surface area contributed by atoms with E-state index in [0.717, 1.165) is 29.2 Å². The van der Waals surface area contributed by atoms with Crippen LogP contribution in [0.3, 0.4) is 0 Å². The smallest absolute Gasteiger partial charge is 0.416 e. The molecule has 0 spiro atoms. The van der Waals surface area contributed by atoms with Crippen LogP contribution in [-0.2, 0) is 12.6 Å². The molecular formula is C26H28F3NO3. The van der Waals surface area contributed by atoms with Gasteiger partial charge in [-0.15, -0.1) is 0 Å². The zero-order valence-corrected chi connectivity index (χ0v) is 18.4. The van der Waals surface area contributed by atoms with Gasteiger partial charge in [-0.1, -0.05) is 42.5 Å². The van der Waals surface area contributed by atoms with Crippen LogP contribution in [0.2, 0.25) is 0 Å². The van der Waals surface area contributed by atoms with Crippen LogP contribution in [0.25, 0.3) is 0 Å².